The van der Waals surface area contributed by atoms with Crippen LogP contribution in [-0.4, -0.2) is 18.5 Å². The molecule has 3 N–H and O–H groups in total. The van der Waals surface area contributed by atoms with Crippen molar-refractivity contribution in [2.24, 2.45) is 0 Å². The lowest BCUT2D eigenvalue weighted by molar-refractivity contribution is -0.123. The molecule has 0 aromatic heterocycles. The van der Waals surface area contributed by atoms with Crippen LogP contribution in [0.15, 0.2) is 18.2 Å². The fourth-order valence-electron chi connectivity index (χ4n) is 1.67. The molecule has 0 aliphatic carbocycles. The summed E-state index contributed by atoms with van der Waals surface area (Å²) in [6.45, 7) is 0.896. The first-order valence-electron chi connectivity index (χ1n) is 5.37. The van der Waals surface area contributed by atoms with Gasteiger partial charge in [0.15, 0.2) is 0 Å². The van der Waals surface area contributed by atoms with Crippen molar-refractivity contribution in [2.45, 2.75) is 19.0 Å². The average Bonchev–Trinajstić information content (AvgIpc) is 2.84. The largest absolute Gasteiger partial charge is 0.351 e. The molecule has 1 fully saturated rings. The monoisotopic (exact) mass is 257 g/mol. The van der Waals surface area contributed by atoms with Crippen LogP contribution >= 0.6 is 11.6 Å². The quantitative estimate of drug-likeness (QED) is 0.756. The van der Waals surface area contributed by atoms with Crippen LogP contribution in [0.2, 0.25) is 5.02 Å². The fraction of sp³-hybridized carbons (Fsp3) is 0.364. The third-order valence-corrected chi connectivity index (χ3v) is 2.93. The first kappa shape index (κ1) is 12.3. The number of amides is 1. The van der Waals surface area contributed by atoms with Crippen molar-refractivity contribution in [1.82, 2.24) is 16.2 Å². The molecule has 17 heavy (non-hydrogen) atoms. The van der Waals surface area contributed by atoms with Gasteiger partial charge in [-0.25, -0.2) is 9.82 Å². The molecule has 1 aliphatic rings. The number of nitrogens with one attached hydrogen (secondary N) is 3. The van der Waals surface area contributed by atoms with Crippen LogP contribution in [0.5, 0.6) is 0 Å². The molecular weight excluding hydrogens is 245 g/mol. The number of hydrogen-bond acceptors (Lipinski definition) is 3. The fourth-order valence-corrected chi connectivity index (χ4v) is 1.87. The van der Waals surface area contributed by atoms with Gasteiger partial charge in [0.1, 0.15) is 11.9 Å². The maximum Gasteiger partial charge on any atom is 0.238 e. The lowest BCUT2D eigenvalue weighted by Gasteiger charge is -2.11. The smallest absolute Gasteiger partial charge is 0.238 e. The van der Waals surface area contributed by atoms with Gasteiger partial charge in [-0.2, -0.15) is 0 Å². The lowest BCUT2D eigenvalue weighted by atomic mass is 10.2. The molecule has 1 amide bonds. The Bertz CT molecular complexity index is 421. The summed E-state index contributed by atoms with van der Waals surface area (Å²) in [7, 11) is 0. The van der Waals surface area contributed by atoms with Gasteiger partial charge in [-0.1, -0.05) is 23.7 Å². The summed E-state index contributed by atoms with van der Waals surface area (Å²) >= 11 is 5.65. The highest BCUT2D eigenvalue weighted by Crippen LogP contribution is 2.17. The summed E-state index contributed by atoms with van der Waals surface area (Å²) in [6, 6.07) is 4.48. The maximum absolute atomic E-state index is 13.5. The summed E-state index contributed by atoms with van der Waals surface area (Å²) in [5.74, 6) is -0.624. The van der Waals surface area contributed by atoms with Crippen LogP contribution in [0.1, 0.15) is 12.0 Å². The molecule has 0 bridgehead atoms. The predicted octanol–water partition coefficient (Wildman–Crippen LogP) is 0.962. The highest BCUT2D eigenvalue weighted by Gasteiger charge is 2.21. The van der Waals surface area contributed by atoms with Crippen LogP contribution in [0.4, 0.5) is 4.39 Å². The third kappa shape index (κ3) is 2.94. The Labute approximate surface area is 104 Å². The Balaban J connectivity index is 1.93. The minimum atomic E-state index is -0.480. The van der Waals surface area contributed by atoms with Gasteiger partial charge in [0, 0.05) is 18.7 Å². The second-order valence-electron chi connectivity index (χ2n) is 3.84. The van der Waals surface area contributed by atoms with Gasteiger partial charge in [-0.3, -0.25) is 10.2 Å². The minimum Gasteiger partial charge on any atom is -0.351 e. The molecule has 1 saturated heterocycles. The molecule has 0 saturated carbocycles. The maximum atomic E-state index is 13.5. The summed E-state index contributed by atoms with van der Waals surface area (Å²) in [4.78, 5) is 11.6. The molecule has 1 unspecified atom stereocenters. The molecule has 0 radical (unpaired) electrons. The summed E-state index contributed by atoms with van der Waals surface area (Å²) in [5, 5.41) is 2.74. The molecule has 1 aliphatic heterocycles. The molecule has 2 rings (SSSR count). The minimum absolute atomic E-state index is 0.0670. The van der Waals surface area contributed by atoms with Crippen LogP contribution < -0.4 is 16.2 Å². The van der Waals surface area contributed by atoms with E-state index in [0.29, 0.717) is 5.56 Å². The van der Waals surface area contributed by atoms with Crippen molar-refractivity contribution < 1.29 is 9.18 Å². The molecule has 1 aromatic carbocycles. The van der Waals surface area contributed by atoms with Crippen molar-refractivity contribution in [2.75, 3.05) is 6.54 Å². The SMILES string of the molecule is O=C(NCc1cccc(Cl)c1F)C1CCNN1. The van der Waals surface area contributed by atoms with E-state index in [9.17, 15) is 9.18 Å². The number of hydrazine groups is 1. The van der Waals surface area contributed by atoms with Gasteiger partial charge >= 0.3 is 0 Å². The second-order valence-corrected chi connectivity index (χ2v) is 4.25. The Morgan fingerprint density at radius 1 is 1.59 bits per heavy atom. The van der Waals surface area contributed by atoms with Crippen LogP contribution in [0.25, 0.3) is 0 Å². The molecule has 1 atom stereocenters. The third-order valence-electron chi connectivity index (χ3n) is 2.64. The standard InChI is InChI=1S/C11H13ClFN3O/c12-8-3-1-2-7(10(8)13)6-14-11(17)9-4-5-15-16-9/h1-3,9,15-16H,4-6H2,(H,14,17). The van der Waals surface area contributed by atoms with Gasteiger partial charge in [0.05, 0.1) is 5.02 Å². The number of carbonyl (C=O) groups excluding carboxylic acids is 1. The van der Waals surface area contributed by atoms with E-state index in [0.717, 1.165) is 13.0 Å². The van der Waals surface area contributed by atoms with E-state index < -0.39 is 5.82 Å². The van der Waals surface area contributed by atoms with E-state index >= 15 is 0 Å². The van der Waals surface area contributed by atoms with E-state index in [1.807, 2.05) is 0 Å². The Hall–Kier alpha value is -1.17. The van der Waals surface area contributed by atoms with Crippen molar-refractivity contribution in [3.8, 4) is 0 Å². The number of rotatable bonds is 3. The van der Waals surface area contributed by atoms with Gasteiger partial charge in [0.2, 0.25) is 5.91 Å². The van der Waals surface area contributed by atoms with E-state index in [1.165, 1.54) is 6.07 Å². The summed E-state index contributed by atoms with van der Waals surface area (Å²) < 4.78 is 13.5. The zero-order valence-electron chi connectivity index (χ0n) is 9.09. The van der Waals surface area contributed by atoms with Gasteiger partial charge in [-0.05, 0) is 12.5 Å². The first-order chi connectivity index (χ1) is 8.18. The van der Waals surface area contributed by atoms with E-state index in [2.05, 4.69) is 16.2 Å². The molecule has 1 heterocycles. The summed E-state index contributed by atoms with van der Waals surface area (Å²) in [5.41, 5.74) is 6.09. The van der Waals surface area contributed by atoms with Crippen molar-refractivity contribution >= 4 is 17.5 Å². The predicted molar refractivity (Wildman–Crippen MR) is 62.8 cm³/mol. The van der Waals surface area contributed by atoms with Crippen molar-refractivity contribution in [1.29, 1.82) is 0 Å². The Morgan fingerprint density at radius 3 is 3.12 bits per heavy atom. The molecule has 0 spiro atoms. The number of hydrogen-bond donors (Lipinski definition) is 3. The van der Waals surface area contributed by atoms with Crippen molar-refractivity contribution in [3.63, 3.8) is 0 Å². The highest BCUT2D eigenvalue weighted by atomic mass is 35.5. The van der Waals surface area contributed by atoms with Gasteiger partial charge < -0.3 is 5.32 Å². The van der Waals surface area contributed by atoms with Gasteiger partial charge in [0.25, 0.3) is 0 Å². The van der Waals surface area contributed by atoms with E-state index in [1.54, 1.807) is 12.1 Å². The zero-order chi connectivity index (χ0) is 12.3. The number of carbonyl (C=O) groups is 1. The highest BCUT2D eigenvalue weighted by molar-refractivity contribution is 6.30. The first-order valence-corrected chi connectivity index (χ1v) is 5.75. The normalized spacial score (nSPS) is 19.3. The van der Waals surface area contributed by atoms with Crippen LogP contribution in [-0.2, 0) is 11.3 Å². The van der Waals surface area contributed by atoms with Crippen LogP contribution in [0.3, 0.4) is 0 Å². The molecule has 4 nitrogen and oxygen atoms in total. The topological polar surface area (TPSA) is 53.2 Å². The second kappa shape index (κ2) is 5.44. The van der Waals surface area contributed by atoms with Crippen molar-refractivity contribution in [3.05, 3.63) is 34.6 Å². The molecular formula is C11H13ClFN3O. The summed E-state index contributed by atoms with van der Waals surface area (Å²) in [6.07, 6.45) is 0.726. The lowest BCUT2D eigenvalue weighted by Crippen LogP contribution is -2.42. The molecule has 1 aromatic rings. The number of benzene rings is 1. The Kier molecular flexibility index (Phi) is 3.93. The van der Waals surface area contributed by atoms with Gasteiger partial charge in [-0.15, -0.1) is 0 Å². The zero-order valence-corrected chi connectivity index (χ0v) is 9.85. The Morgan fingerprint density at radius 2 is 2.41 bits per heavy atom. The van der Waals surface area contributed by atoms with E-state index in [4.69, 9.17) is 11.6 Å². The number of halogens is 2. The molecule has 6 heteroatoms. The average molecular weight is 258 g/mol. The van der Waals surface area contributed by atoms with E-state index in [-0.39, 0.29) is 23.5 Å². The van der Waals surface area contributed by atoms with Crippen LogP contribution in [0, 0.1) is 5.82 Å². The molecule has 92 valence electrons.